The van der Waals surface area contributed by atoms with E-state index < -0.39 is 6.04 Å². The fourth-order valence-corrected chi connectivity index (χ4v) is 2.13. The molecule has 1 heterocycles. The molecule has 0 unspecified atom stereocenters. The number of anilines is 1. The Morgan fingerprint density at radius 3 is 2.78 bits per heavy atom. The number of benzene rings is 1. The summed E-state index contributed by atoms with van der Waals surface area (Å²) in [5.41, 5.74) is 1.67. The highest BCUT2D eigenvalue weighted by Gasteiger charge is 2.30. The molecule has 1 aromatic carbocycles. The number of carbonyl (C=O) groups is 1. The standard InChI is InChI=1S/C13H16N2O2S/c1-7(2)11-13(16)17-10-5-4-8(14-3)6-9(10)12(18)15-11/h4-7,11,14H,1-3H3,(H,15,18)/t11-/m0/s1. The Hall–Kier alpha value is -1.62. The van der Waals surface area contributed by atoms with Gasteiger partial charge in [0, 0.05) is 12.7 Å². The zero-order chi connectivity index (χ0) is 13.3. The number of carbonyl (C=O) groups excluding carboxylic acids is 1. The topological polar surface area (TPSA) is 50.4 Å². The van der Waals surface area contributed by atoms with E-state index in [1.165, 1.54) is 0 Å². The second-order valence-corrected chi connectivity index (χ2v) is 4.99. The van der Waals surface area contributed by atoms with Gasteiger partial charge in [-0.1, -0.05) is 26.1 Å². The summed E-state index contributed by atoms with van der Waals surface area (Å²) in [6.07, 6.45) is 0. The summed E-state index contributed by atoms with van der Waals surface area (Å²) in [6, 6.07) is 5.09. The highest BCUT2D eigenvalue weighted by Crippen LogP contribution is 2.26. The fraction of sp³-hybridized carbons (Fsp3) is 0.385. The Labute approximate surface area is 112 Å². The first-order valence-corrected chi connectivity index (χ1v) is 6.28. The van der Waals surface area contributed by atoms with E-state index in [0.717, 1.165) is 11.3 Å². The molecule has 4 nitrogen and oxygen atoms in total. The second kappa shape index (κ2) is 4.94. The van der Waals surface area contributed by atoms with E-state index in [9.17, 15) is 4.79 Å². The lowest BCUT2D eigenvalue weighted by molar-refractivity contribution is -0.137. The number of ether oxygens (including phenoxy) is 1. The van der Waals surface area contributed by atoms with Crippen molar-refractivity contribution in [2.75, 3.05) is 12.4 Å². The molecular formula is C13H16N2O2S. The van der Waals surface area contributed by atoms with Gasteiger partial charge in [0.25, 0.3) is 0 Å². The Morgan fingerprint density at radius 2 is 2.17 bits per heavy atom. The zero-order valence-electron chi connectivity index (χ0n) is 10.6. The van der Waals surface area contributed by atoms with E-state index >= 15 is 0 Å². The van der Waals surface area contributed by atoms with E-state index in [0.29, 0.717) is 10.7 Å². The number of esters is 1. The molecule has 0 bridgehead atoms. The van der Waals surface area contributed by atoms with Gasteiger partial charge in [-0.15, -0.1) is 0 Å². The third kappa shape index (κ3) is 2.31. The van der Waals surface area contributed by atoms with Crippen molar-refractivity contribution in [2.45, 2.75) is 19.9 Å². The predicted octanol–water partition coefficient (Wildman–Crippen LogP) is 1.94. The van der Waals surface area contributed by atoms with Crippen LogP contribution in [0.1, 0.15) is 19.4 Å². The van der Waals surface area contributed by atoms with Crippen LogP contribution in [0.5, 0.6) is 5.75 Å². The van der Waals surface area contributed by atoms with Crippen molar-refractivity contribution in [1.29, 1.82) is 0 Å². The molecule has 18 heavy (non-hydrogen) atoms. The smallest absolute Gasteiger partial charge is 0.334 e. The minimum absolute atomic E-state index is 0.119. The number of hydrogen-bond acceptors (Lipinski definition) is 4. The van der Waals surface area contributed by atoms with Crippen LogP contribution < -0.4 is 15.4 Å². The van der Waals surface area contributed by atoms with Crippen molar-refractivity contribution in [1.82, 2.24) is 5.32 Å². The summed E-state index contributed by atoms with van der Waals surface area (Å²) < 4.78 is 5.38. The molecular weight excluding hydrogens is 248 g/mol. The minimum atomic E-state index is -0.400. The SMILES string of the molecule is CNc1ccc2c(c1)C(=S)N[C@@H](C(C)C)C(=O)O2. The van der Waals surface area contributed by atoms with Crippen LogP contribution in [0, 0.1) is 5.92 Å². The van der Waals surface area contributed by atoms with Crippen molar-refractivity contribution in [3.8, 4) is 5.75 Å². The lowest BCUT2D eigenvalue weighted by Gasteiger charge is -2.17. The van der Waals surface area contributed by atoms with E-state index in [1.54, 1.807) is 6.07 Å². The average molecular weight is 264 g/mol. The van der Waals surface area contributed by atoms with Crippen molar-refractivity contribution in [3.63, 3.8) is 0 Å². The van der Waals surface area contributed by atoms with Gasteiger partial charge in [0.15, 0.2) is 0 Å². The van der Waals surface area contributed by atoms with Crippen LogP contribution in [0.2, 0.25) is 0 Å². The van der Waals surface area contributed by atoms with E-state index in [4.69, 9.17) is 17.0 Å². The monoisotopic (exact) mass is 264 g/mol. The number of hydrogen-bond donors (Lipinski definition) is 2. The molecule has 0 saturated heterocycles. The summed E-state index contributed by atoms with van der Waals surface area (Å²) in [7, 11) is 1.83. The van der Waals surface area contributed by atoms with Crippen LogP contribution in [-0.2, 0) is 4.79 Å². The van der Waals surface area contributed by atoms with Gasteiger partial charge >= 0.3 is 5.97 Å². The molecule has 5 heteroatoms. The first-order valence-electron chi connectivity index (χ1n) is 5.87. The second-order valence-electron chi connectivity index (χ2n) is 4.58. The number of fused-ring (bicyclic) bond motifs is 1. The van der Waals surface area contributed by atoms with Crippen LogP contribution >= 0.6 is 12.2 Å². The molecule has 0 spiro atoms. The van der Waals surface area contributed by atoms with Crippen LogP contribution in [0.4, 0.5) is 5.69 Å². The van der Waals surface area contributed by atoms with Gasteiger partial charge in [0.2, 0.25) is 0 Å². The lowest BCUT2D eigenvalue weighted by atomic mass is 10.0. The molecule has 1 aliphatic heterocycles. The average Bonchev–Trinajstić information content (AvgIpc) is 2.46. The van der Waals surface area contributed by atoms with Gasteiger partial charge in [-0.2, -0.15) is 0 Å². The molecule has 0 fully saturated rings. The van der Waals surface area contributed by atoms with Gasteiger partial charge in [0.05, 0.1) is 5.56 Å². The molecule has 0 aromatic heterocycles. The maximum Gasteiger partial charge on any atom is 0.334 e. The Kier molecular flexibility index (Phi) is 3.52. The Bertz CT molecular complexity index is 500. The quantitative estimate of drug-likeness (QED) is 0.486. The van der Waals surface area contributed by atoms with Crippen molar-refractivity contribution in [3.05, 3.63) is 23.8 Å². The highest BCUT2D eigenvalue weighted by atomic mass is 32.1. The number of rotatable bonds is 2. The van der Waals surface area contributed by atoms with E-state index in [2.05, 4.69) is 10.6 Å². The van der Waals surface area contributed by atoms with E-state index in [1.807, 2.05) is 33.0 Å². The lowest BCUT2D eigenvalue weighted by Crippen LogP contribution is -2.43. The Balaban J connectivity index is 2.41. The molecule has 1 aromatic rings. The summed E-state index contributed by atoms with van der Waals surface area (Å²) in [5, 5.41) is 6.10. The van der Waals surface area contributed by atoms with Gasteiger partial charge in [0.1, 0.15) is 16.8 Å². The third-order valence-corrected chi connectivity index (χ3v) is 3.27. The minimum Gasteiger partial charge on any atom is -0.424 e. The van der Waals surface area contributed by atoms with Gasteiger partial charge < -0.3 is 15.4 Å². The predicted molar refractivity (Wildman–Crippen MR) is 75.1 cm³/mol. The number of nitrogens with one attached hydrogen (secondary N) is 2. The van der Waals surface area contributed by atoms with Crippen LogP contribution in [0.15, 0.2) is 18.2 Å². The molecule has 2 N–H and O–H groups in total. The molecule has 0 amide bonds. The first-order chi connectivity index (χ1) is 8.52. The molecule has 1 atom stereocenters. The zero-order valence-corrected chi connectivity index (χ0v) is 11.4. The molecule has 0 aliphatic carbocycles. The van der Waals surface area contributed by atoms with Crippen molar-refractivity contribution in [2.24, 2.45) is 5.92 Å². The van der Waals surface area contributed by atoms with Crippen molar-refractivity contribution < 1.29 is 9.53 Å². The molecule has 0 saturated carbocycles. The van der Waals surface area contributed by atoms with Crippen LogP contribution in [0.25, 0.3) is 0 Å². The van der Waals surface area contributed by atoms with E-state index in [-0.39, 0.29) is 11.9 Å². The Morgan fingerprint density at radius 1 is 1.44 bits per heavy atom. The largest absolute Gasteiger partial charge is 0.424 e. The van der Waals surface area contributed by atoms with Crippen LogP contribution in [0.3, 0.4) is 0 Å². The molecule has 96 valence electrons. The maximum absolute atomic E-state index is 12.0. The molecule has 1 aliphatic rings. The fourth-order valence-electron chi connectivity index (χ4n) is 1.84. The summed E-state index contributed by atoms with van der Waals surface area (Å²) >= 11 is 5.33. The van der Waals surface area contributed by atoms with Crippen molar-refractivity contribution >= 4 is 28.9 Å². The van der Waals surface area contributed by atoms with Gasteiger partial charge in [-0.25, -0.2) is 4.79 Å². The summed E-state index contributed by atoms with van der Waals surface area (Å²) in [4.78, 5) is 12.5. The number of thiocarbonyl (C=S) groups is 1. The molecule has 0 radical (unpaired) electrons. The highest BCUT2D eigenvalue weighted by molar-refractivity contribution is 7.80. The normalized spacial score (nSPS) is 18.8. The van der Waals surface area contributed by atoms with Crippen LogP contribution in [-0.4, -0.2) is 24.0 Å². The van der Waals surface area contributed by atoms with Gasteiger partial charge in [-0.05, 0) is 24.1 Å². The summed E-state index contributed by atoms with van der Waals surface area (Å²) in [5.74, 6) is 0.344. The van der Waals surface area contributed by atoms with Gasteiger partial charge in [-0.3, -0.25) is 0 Å². The summed E-state index contributed by atoms with van der Waals surface area (Å²) in [6.45, 7) is 3.91. The maximum atomic E-state index is 12.0. The third-order valence-electron chi connectivity index (χ3n) is 2.93. The molecule has 2 rings (SSSR count). The first kappa shape index (κ1) is 12.8.